The molecule has 0 radical (unpaired) electrons. The van der Waals surface area contributed by atoms with Crippen molar-refractivity contribution in [3.05, 3.63) is 59.5 Å². The first-order valence-corrected chi connectivity index (χ1v) is 11.0. The Bertz CT molecular complexity index is 835. The van der Waals surface area contributed by atoms with Crippen LogP contribution in [0, 0.1) is 18.8 Å². The molecular formula is C24H31N3O3. The third kappa shape index (κ3) is 5.51. The monoisotopic (exact) mass is 409 g/mol. The average Bonchev–Trinajstić information content (AvgIpc) is 3.46. The molecule has 1 aromatic heterocycles. The SMILES string of the molecule is Cc1ccc(C(NC(=O)CN2CCC(C(=O)NCc3ccco3)CC2)C2CC2)cc1. The highest BCUT2D eigenvalue weighted by atomic mass is 16.3. The van der Waals surface area contributed by atoms with Crippen LogP contribution < -0.4 is 10.6 Å². The predicted octanol–water partition coefficient (Wildman–Crippen LogP) is 3.18. The Morgan fingerprint density at radius 2 is 1.83 bits per heavy atom. The van der Waals surface area contributed by atoms with Crippen molar-refractivity contribution in [1.82, 2.24) is 15.5 Å². The van der Waals surface area contributed by atoms with E-state index in [-0.39, 0.29) is 23.8 Å². The zero-order chi connectivity index (χ0) is 20.9. The molecule has 1 atom stereocenters. The second-order valence-corrected chi connectivity index (χ2v) is 8.64. The van der Waals surface area contributed by atoms with Gasteiger partial charge in [-0.3, -0.25) is 14.5 Å². The molecule has 1 aliphatic heterocycles. The second-order valence-electron chi connectivity index (χ2n) is 8.64. The summed E-state index contributed by atoms with van der Waals surface area (Å²) in [7, 11) is 0. The predicted molar refractivity (Wildman–Crippen MR) is 115 cm³/mol. The molecule has 6 heteroatoms. The molecule has 2 amide bonds. The first-order chi connectivity index (χ1) is 14.6. The number of likely N-dealkylation sites (tertiary alicyclic amines) is 1. The van der Waals surface area contributed by atoms with Crippen molar-refractivity contribution >= 4 is 11.8 Å². The van der Waals surface area contributed by atoms with Gasteiger partial charge < -0.3 is 15.1 Å². The zero-order valence-electron chi connectivity index (χ0n) is 17.6. The van der Waals surface area contributed by atoms with Gasteiger partial charge in [-0.15, -0.1) is 0 Å². The van der Waals surface area contributed by atoms with E-state index >= 15 is 0 Å². The topological polar surface area (TPSA) is 74.6 Å². The maximum Gasteiger partial charge on any atom is 0.234 e. The number of carbonyl (C=O) groups excluding carboxylic acids is 2. The number of nitrogens with one attached hydrogen (secondary N) is 2. The van der Waals surface area contributed by atoms with Gasteiger partial charge in [0.1, 0.15) is 5.76 Å². The maximum atomic E-state index is 12.7. The van der Waals surface area contributed by atoms with Crippen LogP contribution in [0.2, 0.25) is 0 Å². The van der Waals surface area contributed by atoms with Gasteiger partial charge in [0.15, 0.2) is 0 Å². The van der Waals surface area contributed by atoms with Crippen LogP contribution in [0.3, 0.4) is 0 Å². The van der Waals surface area contributed by atoms with Gasteiger partial charge >= 0.3 is 0 Å². The Morgan fingerprint density at radius 3 is 2.47 bits per heavy atom. The summed E-state index contributed by atoms with van der Waals surface area (Å²) in [6.07, 6.45) is 5.52. The molecule has 30 heavy (non-hydrogen) atoms. The number of amides is 2. The van der Waals surface area contributed by atoms with Gasteiger partial charge in [-0.05, 0) is 69.3 Å². The lowest BCUT2D eigenvalue weighted by molar-refractivity contribution is -0.127. The molecule has 0 bridgehead atoms. The standard InChI is InChI=1S/C24H31N3O3/c1-17-4-6-18(7-5-17)23(19-8-9-19)26-22(28)16-27-12-10-20(11-13-27)24(29)25-15-21-3-2-14-30-21/h2-7,14,19-20,23H,8-13,15-16H2,1H3,(H,25,29)(H,26,28). The van der Waals surface area contributed by atoms with Gasteiger partial charge in [-0.25, -0.2) is 0 Å². The molecule has 2 fully saturated rings. The van der Waals surface area contributed by atoms with Crippen LogP contribution in [-0.2, 0) is 16.1 Å². The van der Waals surface area contributed by atoms with E-state index in [0.717, 1.165) is 31.7 Å². The van der Waals surface area contributed by atoms with E-state index in [1.54, 1.807) is 6.26 Å². The summed E-state index contributed by atoms with van der Waals surface area (Å²) < 4.78 is 5.26. The molecule has 1 saturated carbocycles. The van der Waals surface area contributed by atoms with E-state index in [4.69, 9.17) is 4.42 Å². The van der Waals surface area contributed by atoms with Crippen molar-refractivity contribution < 1.29 is 14.0 Å². The lowest BCUT2D eigenvalue weighted by Gasteiger charge is -2.31. The molecule has 1 unspecified atom stereocenters. The van der Waals surface area contributed by atoms with E-state index in [0.29, 0.717) is 19.0 Å². The number of carbonyl (C=O) groups is 2. The van der Waals surface area contributed by atoms with Crippen LogP contribution in [0.4, 0.5) is 0 Å². The molecule has 2 N–H and O–H groups in total. The number of piperidine rings is 1. The van der Waals surface area contributed by atoms with Gasteiger partial charge in [-0.1, -0.05) is 29.8 Å². The van der Waals surface area contributed by atoms with E-state index in [1.807, 2.05) is 12.1 Å². The minimum atomic E-state index is 0.00560. The Labute approximate surface area is 178 Å². The number of benzene rings is 1. The Hall–Kier alpha value is -2.60. The maximum absolute atomic E-state index is 12.7. The summed E-state index contributed by atoms with van der Waals surface area (Å²) in [5.41, 5.74) is 2.43. The Morgan fingerprint density at radius 1 is 1.10 bits per heavy atom. The summed E-state index contributed by atoms with van der Waals surface area (Å²) in [5, 5.41) is 6.21. The first-order valence-electron chi connectivity index (χ1n) is 11.0. The average molecular weight is 410 g/mol. The van der Waals surface area contributed by atoms with E-state index in [1.165, 1.54) is 24.0 Å². The van der Waals surface area contributed by atoms with Crippen molar-refractivity contribution in [2.24, 2.45) is 11.8 Å². The third-order valence-electron chi connectivity index (χ3n) is 6.19. The quantitative estimate of drug-likeness (QED) is 0.702. The number of hydrogen-bond acceptors (Lipinski definition) is 4. The van der Waals surface area contributed by atoms with Crippen molar-refractivity contribution in [1.29, 1.82) is 0 Å². The molecule has 6 nitrogen and oxygen atoms in total. The zero-order valence-corrected chi connectivity index (χ0v) is 17.6. The largest absolute Gasteiger partial charge is 0.467 e. The minimum absolute atomic E-state index is 0.00560. The molecule has 160 valence electrons. The van der Waals surface area contributed by atoms with Gasteiger partial charge in [0.05, 0.1) is 25.4 Å². The molecule has 4 rings (SSSR count). The van der Waals surface area contributed by atoms with Crippen molar-refractivity contribution in [2.45, 2.75) is 45.2 Å². The van der Waals surface area contributed by atoms with Crippen LogP contribution in [0.25, 0.3) is 0 Å². The van der Waals surface area contributed by atoms with Crippen LogP contribution >= 0.6 is 0 Å². The summed E-state index contributed by atoms with van der Waals surface area (Å²) >= 11 is 0. The van der Waals surface area contributed by atoms with Gasteiger partial charge in [0.25, 0.3) is 0 Å². The summed E-state index contributed by atoms with van der Waals surface area (Å²) in [6, 6.07) is 12.3. The first kappa shape index (κ1) is 20.7. The van der Waals surface area contributed by atoms with Crippen LogP contribution in [0.1, 0.15) is 48.6 Å². The summed E-state index contributed by atoms with van der Waals surface area (Å²) in [4.78, 5) is 27.2. The Balaban J connectivity index is 1.22. The van der Waals surface area contributed by atoms with Crippen molar-refractivity contribution in [3.8, 4) is 0 Å². The van der Waals surface area contributed by atoms with Crippen LogP contribution in [0.5, 0.6) is 0 Å². The van der Waals surface area contributed by atoms with E-state index in [2.05, 4.69) is 46.7 Å². The minimum Gasteiger partial charge on any atom is -0.467 e. The van der Waals surface area contributed by atoms with E-state index in [9.17, 15) is 9.59 Å². The highest BCUT2D eigenvalue weighted by Gasteiger charge is 2.34. The lowest BCUT2D eigenvalue weighted by Crippen LogP contribution is -2.45. The Kier molecular flexibility index (Phi) is 6.53. The fraction of sp³-hybridized carbons (Fsp3) is 0.500. The summed E-state index contributed by atoms with van der Waals surface area (Å²) in [5.74, 6) is 1.47. The fourth-order valence-electron chi connectivity index (χ4n) is 4.18. The molecule has 1 saturated heterocycles. The van der Waals surface area contributed by atoms with Crippen LogP contribution in [0.15, 0.2) is 47.1 Å². The molecule has 2 aliphatic rings. The smallest absolute Gasteiger partial charge is 0.234 e. The molecule has 2 aromatic rings. The molecule has 1 aromatic carbocycles. The number of aryl methyl sites for hydroxylation is 1. The van der Waals surface area contributed by atoms with Gasteiger partial charge in [0, 0.05) is 5.92 Å². The number of furan rings is 1. The number of nitrogens with zero attached hydrogens (tertiary/aromatic N) is 1. The van der Waals surface area contributed by atoms with Crippen molar-refractivity contribution in [3.63, 3.8) is 0 Å². The van der Waals surface area contributed by atoms with Crippen LogP contribution in [-0.4, -0.2) is 36.3 Å². The normalized spacial score (nSPS) is 18.7. The highest BCUT2D eigenvalue weighted by Crippen LogP contribution is 2.41. The number of rotatable bonds is 8. The fourth-order valence-corrected chi connectivity index (χ4v) is 4.18. The molecule has 1 aliphatic carbocycles. The van der Waals surface area contributed by atoms with E-state index < -0.39 is 0 Å². The highest BCUT2D eigenvalue weighted by molar-refractivity contribution is 5.79. The summed E-state index contributed by atoms with van der Waals surface area (Å²) in [6.45, 7) is 4.44. The van der Waals surface area contributed by atoms with Gasteiger partial charge in [0.2, 0.25) is 11.8 Å². The second kappa shape index (κ2) is 9.47. The molecule has 2 heterocycles. The lowest BCUT2D eigenvalue weighted by atomic mass is 9.96. The molecular weight excluding hydrogens is 378 g/mol. The third-order valence-corrected chi connectivity index (χ3v) is 6.19. The number of hydrogen-bond donors (Lipinski definition) is 2. The van der Waals surface area contributed by atoms with Gasteiger partial charge in [-0.2, -0.15) is 0 Å². The van der Waals surface area contributed by atoms with Crippen molar-refractivity contribution in [2.75, 3.05) is 19.6 Å². The molecule has 0 spiro atoms.